The monoisotopic (exact) mass is 276 g/mol. The summed E-state index contributed by atoms with van der Waals surface area (Å²) in [4.78, 5) is 46.6. The van der Waals surface area contributed by atoms with Gasteiger partial charge < -0.3 is 0 Å². The first-order chi connectivity index (χ1) is 9.32. The molecule has 1 heterocycles. The van der Waals surface area contributed by atoms with Crippen LogP contribution < -0.4 is 0 Å². The van der Waals surface area contributed by atoms with Gasteiger partial charge in [-0.3, -0.25) is 29.4 Å². The van der Waals surface area contributed by atoms with Crippen molar-refractivity contribution in [2.24, 2.45) is 5.92 Å². The number of Topliss-reactive ketones (excluding diaryl/α,β-unsaturated/α-hetero) is 1. The zero-order valence-electron chi connectivity index (χ0n) is 11.0. The van der Waals surface area contributed by atoms with Crippen molar-refractivity contribution in [2.45, 2.75) is 13.8 Å². The van der Waals surface area contributed by atoms with E-state index in [1.165, 1.54) is 6.07 Å². The summed E-state index contributed by atoms with van der Waals surface area (Å²) < 4.78 is 0. The molecule has 0 atom stereocenters. The number of amides is 2. The molecular weight excluding hydrogens is 264 g/mol. The minimum Gasteiger partial charge on any atom is -0.297 e. The minimum absolute atomic E-state index is 0.0271. The lowest BCUT2D eigenvalue weighted by Gasteiger charge is -2.13. The molecule has 0 spiro atoms. The standard InChI is InChI=1S/C13H12N2O5/c1-7(2)11(16)6-14-12(17)9-4-3-8(15(19)20)5-10(9)13(14)18/h3-5,7H,6H2,1-2H3. The van der Waals surface area contributed by atoms with Gasteiger partial charge in [0.25, 0.3) is 17.5 Å². The summed E-state index contributed by atoms with van der Waals surface area (Å²) in [6.07, 6.45) is 0. The van der Waals surface area contributed by atoms with Gasteiger partial charge >= 0.3 is 0 Å². The van der Waals surface area contributed by atoms with Crippen molar-refractivity contribution in [3.05, 3.63) is 39.4 Å². The summed E-state index contributed by atoms with van der Waals surface area (Å²) in [5, 5.41) is 10.7. The Labute approximate surface area is 114 Å². The highest BCUT2D eigenvalue weighted by molar-refractivity contribution is 6.22. The molecule has 20 heavy (non-hydrogen) atoms. The van der Waals surface area contributed by atoms with Gasteiger partial charge in [-0.25, -0.2) is 0 Å². The van der Waals surface area contributed by atoms with Crippen LogP contribution in [0.1, 0.15) is 34.6 Å². The number of hydrogen-bond acceptors (Lipinski definition) is 5. The Hall–Kier alpha value is -2.57. The van der Waals surface area contributed by atoms with E-state index in [1.54, 1.807) is 13.8 Å². The molecule has 2 amide bonds. The molecule has 0 N–H and O–H groups in total. The van der Waals surface area contributed by atoms with E-state index in [-0.39, 0.29) is 35.1 Å². The summed E-state index contributed by atoms with van der Waals surface area (Å²) >= 11 is 0. The van der Waals surface area contributed by atoms with Crippen LogP contribution >= 0.6 is 0 Å². The van der Waals surface area contributed by atoms with Crippen molar-refractivity contribution in [2.75, 3.05) is 6.54 Å². The van der Waals surface area contributed by atoms with Gasteiger partial charge in [-0.15, -0.1) is 0 Å². The summed E-state index contributed by atoms with van der Waals surface area (Å²) in [6.45, 7) is 3.04. The number of benzene rings is 1. The Kier molecular flexibility index (Phi) is 3.35. The van der Waals surface area contributed by atoms with Gasteiger partial charge in [0.15, 0.2) is 5.78 Å². The van der Waals surface area contributed by atoms with Gasteiger partial charge in [-0.2, -0.15) is 0 Å². The fourth-order valence-electron chi connectivity index (χ4n) is 1.87. The Bertz CT molecular complexity index is 636. The molecule has 0 unspecified atom stereocenters. The van der Waals surface area contributed by atoms with Crippen molar-refractivity contribution < 1.29 is 19.3 Å². The molecule has 0 radical (unpaired) electrons. The van der Waals surface area contributed by atoms with Gasteiger partial charge in [0.1, 0.15) is 0 Å². The lowest BCUT2D eigenvalue weighted by molar-refractivity contribution is -0.384. The number of fused-ring (bicyclic) bond motifs is 1. The van der Waals surface area contributed by atoms with Crippen molar-refractivity contribution >= 4 is 23.3 Å². The molecule has 0 fully saturated rings. The van der Waals surface area contributed by atoms with E-state index in [1.807, 2.05) is 0 Å². The Morgan fingerprint density at radius 1 is 1.25 bits per heavy atom. The summed E-state index contributed by atoms with van der Waals surface area (Å²) in [6, 6.07) is 3.47. The van der Waals surface area contributed by atoms with Crippen molar-refractivity contribution in [1.29, 1.82) is 0 Å². The van der Waals surface area contributed by atoms with E-state index in [2.05, 4.69) is 0 Å². The number of imide groups is 1. The van der Waals surface area contributed by atoms with Crippen LogP contribution in [-0.4, -0.2) is 34.0 Å². The largest absolute Gasteiger partial charge is 0.297 e. The van der Waals surface area contributed by atoms with Crippen LogP contribution in [0.15, 0.2) is 18.2 Å². The zero-order chi connectivity index (χ0) is 15.0. The Morgan fingerprint density at radius 3 is 2.40 bits per heavy atom. The second-order valence-electron chi connectivity index (χ2n) is 4.80. The molecule has 0 bridgehead atoms. The van der Waals surface area contributed by atoms with Crippen LogP contribution in [0.2, 0.25) is 0 Å². The van der Waals surface area contributed by atoms with Gasteiger partial charge in [0, 0.05) is 18.1 Å². The van der Waals surface area contributed by atoms with E-state index in [9.17, 15) is 24.5 Å². The first kappa shape index (κ1) is 13.9. The van der Waals surface area contributed by atoms with Gasteiger partial charge in [-0.1, -0.05) is 13.8 Å². The fourth-order valence-corrected chi connectivity index (χ4v) is 1.87. The maximum atomic E-state index is 12.1. The number of non-ortho nitro benzene ring substituents is 1. The molecule has 1 aliphatic rings. The third kappa shape index (κ3) is 2.18. The lowest BCUT2D eigenvalue weighted by Crippen LogP contribution is -2.36. The smallest absolute Gasteiger partial charge is 0.270 e. The topological polar surface area (TPSA) is 97.6 Å². The van der Waals surface area contributed by atoms with Crippen LogP contribution in [0, 0.1) is 16.0 Å². The quantitative estimate of drug-likeness (QED) is 0.470. The second-order valence-corrected chi connectivity index (χ2v) is 4.80. The maximum absolute atomic E-state index is 12.1. The van der Waals surface area contributed by atoms with E-state index >= 15 is 0 Å². The first-order valence-corrected chi connectivity index (χ1v) is 6.00. The van der Waals surface area contributed by atoms with Crippen LogP contribution in [0.5, 0.6) is 0 Å². The summed E-state index contributed by atoms with van der Waals surface area (Å²) in [5.74, 6) is -1.79. The highest BCUT2D eigenvalue weighted by Crippen LogP contribution is 2.26. The average Bonchev–Trinajstić information content (AvgIpc) is 2.63. The average molecular weight is 276 g/mol. The number of hydrogen-bond donors (Lipinski definition) is 0. The van der Waals surface area contributed by atoms with E-state index < -0.39 is 16.7 Å². The number of nitro benzene ring substituents is 1. The van der Waals surface area contributed by atoms with Crippen molar-refractivity contribution in [3.8, 4) is 0 Å². The molecular formula is C13H12N2O5. The molecule has 1 aromatic carbocycles. The highest BCUT2D eigenvalue weighted by Gasteiger charge is 2.37. The van der Waals surface area contributed by atoms with Crippen LogP contribution in [0.3, 0.4) is 0 Å². The van der Waals surface area contributed by atoms with Crippen molar-refractivity contribution in [3.63, 3.8) is 0 Å². The lowest BCUT2D eigenvalue weighted by atomic mass is 10.1. The predicted molar refractivity (Wildman–Crippen MR) is 68.3 cm³/mol. The third-order valence-corrected chi connectivity index (χ3v) is 3.12. The number of ketones is 1. The van der Waals surface area contributed by atoms with Gasteiger partial charge in [-0.05, 0) is 6.07 Å². The molecule has 0 saturated heterocycles. The Balaban J connectivity index is 2.35. The number of nitrogens with zero attached hydrogens (tertiary/aromatic N) is 2. The fraction of sp³-hybridized carbons (Fsp3) is 0.308. The maximum Gasteiger partial charge on any atom is 0.270 e. The molecule has 104 valence electrons. The zero-order valence-corrected chi connectivity index (χ0v) is 11.0. The van der Waals surface area contributed by atoms with E-state index in [0.717, 1.165) is 17.0 Å². The predicted octanol–water partition coefficient (Wildman–Crippen LogP) is 1.42. The number of nitro groups is 1. The molecule has 1 aromatic rings. The van der Waals surface area contributed by atoms with E-state index in [0.29, 0.717) is 0 Å². The molecule has 0 aromatic heterocycles. The van der Waals surface area contributed by atoms with Crippen LogP contribution in [-0.2, 0) is 4.79 Å². The summed E-state index contributed by atoms with van der Waals surface area (Å²) in [5.41, 5.74) is -0.195. The minimum atomic E-state index is -0.664. The molecule has 1 aliphatic heterocycles. The molecule has 7 heteroatoms. The normalized spacial score (nSPS) is 13.8. The third-order valence-electron chi connectivity index (χ3n) is 3.12. The van der Waals surface area contributed by atoms with Crippen LogP contribution in [0.25, 0.3) is 0 Å². The van der Waals surface area contributed by atoms with Gasteiger partial charge in [0.2, 0.25) is 0 Å². The molecule has 7 nitrogen and oxygen atoms in total. The molecule has 0 aliphatic carbocycles. The highest BCUT2D eigenvalue weighted by atomic mass is 16.6. The SMILES string of the molecule is CC(C)C(=O)CN1C(=O)c2ccc([N+](=O)[O-])cc2C1=O. The van der Waals surface area contributed by atoms with Crippen LogP contribution in [0.4, 0.5) is 5.69 Å². The number of rotatable bonds is 4. The van der Waals surface area contributed by atoms with E-state index in [4.69, 9.17) is 0 Å². The first-order valence-electron chi connectivity index (χ1n) is 6.00. The summed E-state index contributed by atoms with van der Waals surface area (Å²) in [7, 11) is 0. The van der Waals surface area contributed by atoms with Gasteiger partial charge in [0.05, 0.1) is 22.6 Å². The van der Waals surface area contributed by atoms with Crippen molar-refractivity contribution in [1.82, 2.24) is 4.90 Å². The molecule has 0 saturated carbocycles. The molecule has 2 rings (SSSR count). The number of carbonyl (C=O) groups excluding carboxylic acids is 3. The number of carbonyl (C=O) groups is 3. The second kappa shape index (κ2) is 4.84. The Morgan fingerprint density at radius 2 is 1.85 bits per heavy atom.